The summed E-state index contributed by atoms with van der Waals surface area (Å²) in [4.78, 5) is 12.1. The van der Waals surface area contributed by atoms with E-state index in [4.69, 9.17) is 10.6 Å². The molecule has 0 unspecified atom stereocenters. The van der Waals surface area contributed by atoms with Gasteiger partial charge in [0, 0.05) is 5.69 Å². The Hall–Kier alpha value is -2.48. The first-order valence-corrected chi connectivity index (χ1v) is 6.09. The normalized spacial score (nSPS) is 10.2. The van der Waals surface area contributed by atoms with E-state index in [1.165, 1.54) is 12.1 Å². The second kappa shape index (κ2) is 6.62. The number of hydrogen-bond donors (Lipinski definition) is 3. The Kier molecular flexibility index (Phi) is 4.61. The van der Waals surface area contributed by atoms with E-state index in [0.29, 0.717) is 12.3 Å². The van der Waals surface area contributed by atoms with Crippen LogP contribution in [0.1, 0.15) is 13.3 Å². The minimum Gasteiger partial charge on any atom is -0.463 e. The maximum Gasteiger partial charge on any atom is 0.323 e. The highest BCUT2D eigenvalue weighted by Crippen LogP contribution is 2.16. The first-order chi connectivity index (χ1) is 9.71. The summed E-state index contributed by atoms with van der Waals surface area (Å²) in [5.74, 6) is 5.41. The van der Waals surface area contributed by atoms with E-state index in [0.717, 1.165) is 6.42 Å². The van der Waals surface area contributed by atoms with Crippen molar-refractivity contribution in [1.82, 2.24) is 15.0 Å². The molecule has 1 heterocycles. The predicted molar refractivity (Wildman–Crippen MR) is 73.1 cm³/mol. The number of halogens is 1. The number of benzene rings is 1. The molecule has 1 aromatic heterocycles. The molecule has 2 rings (SSSR count). The van der Waals surface area contributed by atoms with Crippen molar-refractivity contribution in [2.45, 2.75) is 13.3 Å². The van der Waals surface area contributed by atoms with Gasteiger partial charge in [-0.3, -0.25) is 5.43 Å². The zero-order valence-electron chi connectivity index (χ0n) is 10.9. The predicted octanol–water partition coefficient (Wildman–Crippen LogP) is 1.83. The smallest absolute Gasteiger partial charge is 0.323 e. The maximum atomic E-state index is 12.8. The lowest BCUT2D eigenvalue weighted by Gasteiger charge is -2.08. The average Bonchev–Trinajstić information content (AvgIpc) is 2.47. The SMILES string of the molecule is CCCOc1nc(NN)nc(Nc2ccc(F)cc2)n1. The highest BCUT2D eigenvalue weighted by atomic mass is 19.1. The Morgan fingerprint density at radius 3 is 2.50 bits per heavy atom. The van der Waals surface area contributed by atoms with Crippen LogP contribution in [0.3, 0.4) is 0 Å². The summed E-state index contributed by atoms with van der Waals surface area (Å²) in [6.45, 7) is 2.46. The molecule has 0 aliphatic carbocycles. The average molecular weight is 278 g/mol. The van der Waals surface area contributed by atoms with E-state index in [9.17, 15) is 4.39 Å². The molecule has 1 aromatic carbocycles. The molecule has 2 aromatic rings. The van der Waals surface area contributed by atoms with Crippen LogP contribution in [0.15, 0.2) is 24.3 Å². The van der Waals surface area contributed by atoms with Crippen molar-refractivity contribution in [3.05, 3.63) is 30.1 Å². The van der Waals surface area contributed by atoms with Crippen LogP contribution < -0.4 is 21.3 Å². The number of hydrazine groups is 1. The monoisotopic (exact) mass is 278 g/mol. The summed E-state index contributed by atoms with van der Waals surface area (Å²) in [6, 6.07) is 5.97. The van der Waals surface area contributed by atoms with Crippen molar-refractivity contribution >= 4 is 17.6 Å². The van der Waals surface area contributed by atoms with E-state index >= 15 is 0 Å². The van der Waals surface area contributed by atoms with Gasteiger partial charge in [-0.25, -0.2) is 10.2 Å². The molecule has 0 bridgehead atoms. The van der Waals surface area contributed by atoms with Gasteiger partial charge in [-0.05, 0) is 30.7 Å². The molecule has 106 valence electrons. The van der Waals surface area contributed by atoms with Gasteiger partial charge < -0.3 is 10.1 Å². The van der Waals surface area contributed by atoms with Crippen LogP contribution in [-0.4, -0.2) is 21.6 Å². The quantitative estimate of drug-likeness (QED) is 0.547. The number of nitrogen functional groups attached to an aromatic ring is 1. The molecule has 20 heavy (non-hydrogen) atoms. The molecule has 8 heteroatoms. The third kappa shape index (κ3) is 3.75. The second-order valence-electron chi connectivity index (χ2n) is 3.89. The molecule has 0 aliphatic heterocycles. The Labute approximate surface area is 115 Å². The van der Waals surface area contributed by atoms with Gasteiger partial charge >= 0.3 is 6.01 Å². The first kappa shape index (κ1) is 13.9. The van der Waals surface area contributed by atoms with Gasteiger partial charge in [-0.15, -0.1) is 0 Å². The van der Waals surface area contributed by atoms with Crippen LogP contribution in [0.2, 0.25) is 0 Å². The van der Waals surface area contributed by atoms with E-state index in [1.54, 1.807) is 12.1 Å². The summed E-state index contributed by atoms with van der Waals surface area (Å²) in [7, 11) is 0. The Morgan fingerprint density at radius 1 is 1.15 bits per heavy atom. The molecule has 0 radical (unpaired) electrons. The summed E-state index contributed by atoms with van der Waals surface area (Å²) >= 11 is 0. The van der Waals surface area contributed by atoms with Crippen molar-refractivity contribution in [2.75, 3.05) is 17.3 Å². The van der Waals surface area contributed by atoms with Crippen LogP contribution in [0.25, 0.3) is 0 Å². The largest absolute Gasteiger partial charge is 0.463 e. The molecule has 0 aliphatic rings. The minimum absolute atomic E-state index is 0.166. The Morgan fingerprint density at radius 2 is 1.85 bits per heavy atom. The molecule has 0 spiro atoms. The topological polar surface area (TPSA) is 98.0 Å². The van der Waals surface area contributed by atoms with E-state index in [-0.39, 0.29) is 23.7 Å². The van der Waals surface area contributed by atoms with Crippen molar-refractivity contribution in [1.29, 1.82) is 0 Å². The standard InChI is InChI=1S/C12H15FN6O/c1-2-7-20-12-17-10(16-11(18-12)19-14)15-9-5-3-8(13)4-6-9/h3-6H,2,7,14H2,1H3,(H2,15,16,17,18,19). The van der Waals surface area contributed by atoms with Crippen LogP contribution in [-0.2, 0) is 0 Å². The lowest BCUT2D eigenvalue weighted by molar-refractivity contribution is 0.292. The van der Waals surface area contributed by atoms with Crippen LogP contribution in [0.5, 0.6) is 6.01 Å². The number of anilines is 3. The molecule has 0 saturated heterocycles. The van der Waals surface area contributed by atoms with Gasteiger partial charge in [-0.2, -0.15) is 15.0 Å². The number of nitrogens with one attached hydrogen (secondary N) is 2. The third-order valence-corrected chi connectivity index (χ3v) is 2.28. The molecule has 0 amide bonds. The number of rotatable bonds is 6. The first-order valence-electron chi connectivity index (χ1n) is 6.09. The fourth-order valence-electron chi connectivity index (χ4n) is 1.40. The van der Waals surface area contributed by atoms with E-state index < -0.39 is 0 Å². The molecule has 0 atom stereocenters. The summed E-state index contributed by atoms with van der Waals surface area (Å²) in [5, 5.41) is 2.92. The van der Waals surface area contributed by atoms with Crippen LogP contribution >= 0.6 is 0 Å². The Bertz CT molecular complexity index is 562. The van der Waals surface area contributed by atoms with Gasteiger partial charge in [0.2, 0.25) is 11.9 Å². The highest BCUT2D eigenvalue weighted by Gasteiger charge is 2.07. The van der Waals surface area contributed by atoms with Gasteiger partial charge in [0.25, 0.3) is 0 Å². The maximum absolute atomic E-state index is 12.8. The van der Waals surface area contributed by atoms with Gasteiger partial charge in [0.05, 0.1) is 6.61 Å². The summed E-state index contributed by atoms with van der Waals surface area (Å²) < 4.78 is 18.2. The number of nitrogens with two attached hydrogens (primary N) is 1. The molecule has 0 fully saturated rings. The zero-order valence-corrected chi connectivity index (χ0v) is 10.9. The lowest BCUT2D eigenvalue weighted by Crippen LogP contribution is -2.13. The summed E-state index contributed by atoms with van der Waals surface area (Å²) in [6.07, 6.45) is 0.831. The Balaban J connectivity index is 2.19. The molecule has 0 saturated carbocycles. The number of nitrogens with zero attached hydrogens (tertiary/aromatic N) is 3. The summed E-state index contributed by atoms with van der Waals surface area (Å²) in [5.41, 5.74) is 2.98. The number of hydrogen-bond acceptors (Lipinski definition) is 7. The van der Waals surface area contributed by atoms with E-state index in [2.05, 4.69) is 25.7 Å². The van der Waals surface area contributed by atoms with Crippen molar-refractivity contribution in [3.8, 4) is 6.01 Å². The van der Waals surface area contributed by atoms with Crippen molar-refractivity contribution < 1.29 is 9.13 Å². The van der Waals surface area contributed by atoms with Crippen LogP contribution in [0.4, 0.5) is 22.0 Å². The lowest BCUT2D eigenvalue weighted by atomic mass is 10.3. The third-order valence-electron chi connectivity index (χ3n) is 2.28. The fourth-order valence-corrected chi connectivity index (χ4v) is 1.40. The molecular formula is C12H15FN6O. The van der Waals surface area contributed by atoms with Crippen molar-refractivity contribution in [3.63, 3.8) is 0 Å². The van der Waals surface area contributed by atoms with Crippen LogP contribution in [0, 0.1) is 5.82 Å². The molecule has 4 N–H and O–H groups in total. The second-order valence-corrected chi connectivity index (χ2v) is 3.89. The highest BCUT2D eigenvalue weighted by molar-refractivity contribution is 5.54. The minimum atomic E-state index is -0.317. The van der Waals surface area contributed by atoms with Crippen molar-refractivity contribution in [2.24, 2.45) is 5.84 Å². The number of ether oxygens (including phenoxy) is 1. The van der Waals surface area contributed by atoms with Gasteiger partial charge in [0.15, 0.2) is 0 Å². The number of aromatic nitrogens is 3. The molecular weight excluding hydrogens is 263 g/mol. The van der Waals surface area contributed by atoms with E-state index in [1.807, 2.05) is 6.92 Å². The zero-order chi connectivity index (χ0) is 14.4. The van der Waals surface area contributed by atoms with Gasteiger partial charge in [-0.1, -0.05) is 6.92 Å². The van der Waals surface area contributed by atoms with Gasteiger partial charge in [0.1, 0.15) is 5.82 Å². The molecule has 7 nitrogen and oxygen atoms in total. The fraction of sp³-hybridized carbons (Fsp3) is 0.250.